The molecule has 0 aliphatic carbocycles. The zero-order valence-corrected chi connectivity index (χ0v) is 9.82. The van der Waals surface area contributed by atoms with Crippen LogP contribution in [0, 0.1) is 13.8 Å². The van der Waals surface area contributed by atoms with Crippen molar-refractivity contribution < 1.29 is 15.0 Å². The van der Waals surface area contributed by atoms with Gasteiger partial charge < -0.3 is 15.9 Å². The molecule has 0 fully saturated rings. The molecule has 2 atom stereocenters. The molecule has 1 amide bonds. The van der Waals surface area contributed by atoms with Crippen LogP contribution < -0.4 is 5.73 Å². The van der Waals surface area contributed by atoms with Crippen molar-refractivity contribution in [1.82, 2.24) is 0 Å². The van der Waals surface area contributed by atoms with E-state index in [0.29, 0.717) is 21.7 Å². The second kappa shape index (κ2) is 4.82. The van der Waals surface area contributed by atoms with E-state index in [2.05, 4.69) is 0 Å². The molecule has 5 heteroatoms. The summed E-state index contributed by atoms with van der Waals surface area (Å²) in [5.41, 5.74) is 6.82. The Labute approximate surface area is 98.6 Å². The Bertz CT molecular complexity index is 397. The molecule has 1 aromatic carbocycles. The number of aliphatic hydroxyl groups is 2. The van der Waals surface area contributed by atoms with Crippen LogP contribution in [-0.2, 0) is 4.79 Å². The van der Waals surface area contributed by atoms with E-state index in [-0.39, 0.29) is 0 Å². The second-order valence-electron chi connectivity index (χ2n) is 3.75. The SMILES string of the molecule is Cc1cc(Cl)cc(C)c1C(O)C(O)C(N)=O. The number of aryl methyl sites for hydroxylation is 2. The van der Waals surface area contributed by atoms with E-state index in [1.165, 1.54) is 0 Å². The minimum Gasteiger partial charge on any atom is -0.385 e. The number of halogens is 1. The van der Waals surface area contributed by atoms with Crippen molar-refractivity contribution >= 4 is 17.5 Å². The standard InChI is InChI=1S/C11H14ClNO3/c1-5-3-7(12)4-6(2)8(5)9(14)10(15)11(13)16/h3-4,9-10,14-15H,1-2H3,(H2,13,16). The predicted octanol–water partition coefficient (Wildman–Crippen LogP) is 0.836. The number of aliphatic hydroxyl groups excluding tert-OH is 2. The third kappa shape index (κ3) is 2.52. The summed E-state index contributed by atoms with van der Waals surface area (Å²) >= 11 is 5.83. The van der Waals surface area contributed by atoms with E-state index in [0.717, 1.165) is 0 Å². The predicted molar refractivity (Wildman–Crippen MR) is 61.1 cm³/mol. The summed E-state index contributed by atoms with van der Waals surface area (Å²) in [6, 6.07) is 3.31. The van der Waals surface area contributed by atoms with Crippen LogP contribution in [0.4, 0.5) is 0 Å². The number of hydrogen-bond donors (Lipinski definition) is 3. The smallest absolute Gasteiger partial charge is 0.249 e. The summed E-state index contributed by atoms with van der Waals surface area (Å²) in [4.78, 5) is 10.8. The molecule has 0 aliphatic rings. The number of carbonyl (C=O) groups excluding carboxylic acids is 1. The minimum absolute atomic E-state index is 0.482. The number of rotatable bonds is 3. The van der Waals surface area contributed by atoms with Crippen molar-refractivity contribution in [1.29, 1.82) is 0 Å². The number of amides is 1. The Morgan fingerprint density at radius 2 is 1.75 bits per heavy atom. The van der Waals surface area contributed by atoms with E-state index in [1.807, 2.05) is 0 Å². The maximum absolute atomic E-state index is 10.8. The Kier molecular flexibility index (Phi) is 3.91. The van der Waals surface area contributed by atoms with E-state index in [9.17, 15) is 15.0 Å². The van der Waals surface area contributed by atoms with Crippen LogP contribution in [0.25, 0.3) is 0 Å². The van der Waals surface area contributed by atoms with Crippen molar-refractivity contribution in [2.45, 2.75) is 26.1 Å². The van der Waals surface area contributed by atoms with Gasteiger partial charge in [-0.1, -0.05) is 11.6 Å². The fourth-order valence-electron chi connectivity index (χ4n) is 1.70. The van der Waals surface area contributed by atoms with Gasteiger partial charge >= 0.3 is 0 Å². The molecule has 0 aliphatic heterocycles. The van der Waals surface area contributed by atoms with Gasteiger partial charge in [0.05, 0.1) is 0 Å². The highest BCUT2D eigenvalue weighted by Crippen LogP contribution is 2.27. The molecule has 4 N–H and O–H groups in total. The first-order valence-electron chi connectivity index (χ1n) is 4.76. The van der Waals surface area contributed by atoms with Gasteiger partial charge in [0.15, 0.2) is 6.10 Å². The lowest BCUT2D eigenvalue weighted by Gasteiger charge is -2.19. The number of hydrogen-bond acceptors (Lipinski definition) is 3. The van der Waals surface area contributed by atoms with Gasteiger partial charge in [0, 0.05) is 5.02 Å². The van der Waals surface area contributed by atoms with Crippen molar-refractivity contribution in [3.8, 4) is 0 Å². The van der Waals surface area contributed by atoms with Crippen molar-refractivity contribution in [2.75, 3.05) is 0 Å². The van der Waals surface area contributed by atoms with Crippen LogP contribution in [0.1, 0.15) is 22.8 Å². The highest BCUT2D eigenvalue weighted by molar-refractivity contribution is 6.30. The molecule has 4 nitrogen and oxygen atoms in total. The highest BCUT2D eigenvalue weighted by atomic mass is 35.5. The largest absolute Gasteiger partial charge is 0.385 e. The topological polar surface area (TPSA) is 83.6 Å². The van der Waals surface area contributed by atoms with Crippen molar-refractivity contribution in [3.63, 3.8) is 0 Å². The van der Waals surface area contributed by atoms with Crippen LogP contribution in [0.15, 0.2) is 12.1 Å². The number of primary amides is 1. The molecule has 0 bridgehead atoms. The monoisotopic (exact) mass is 243 g/mol. The summed E-state index contributed by atoms with van der Waals surface area (Å²) in [7, 11) is 0. The van der Waals surface area contributed by atoms with Crippen LogP contribution in [0.2, 0.25) is 5.02 Å². The van der Waals surface area contributed by atoms with Gasteiger partial charge in [-0.25, -0.2) is 0 Å². The molecule has 1 rings (SSSR count). The van der Waals surface area contributed by atoms with E-state index >= 15 is 0 Å². The zero-order valence-electron chi connectivity index (χ0n) is 9.07. The van der Waals surface area contributed by atoms with Gasteiger partial charge in [-0.2, -0.15) is 0 Å². The first-order valence-corrected chi connectivity index (χ1v) is 5.14. The Morgan fingerprint density at radius 1 is 1.31 bits per heavy atom. The Hall–Kier alpha value is -1.10. The molecule has 16 heavy (non-hydrogen) atoms. The third-order valence-corrected chi connectivity index (χ3v) is 2.66. The first kappa shape index (κ1) is 13.0. The molecule has 0 heterocycles. The maximum Gasteiger partial charge on any atom is 0.249 e. The first-order chi connectivity index (χ1) is 7.34. The lowest BCUT2D eigenvalue weighted by Crippen LogP contribution is -2.34. The maximum atomic E-state index is 10.8. The summed E-state index contributed by atoms with van der Waals surface area (Å²) < 4.78 is 0. The average molecular weight is 244 g/mol. The highest BCUT2D eigenvalue weighted by Gasteiger charge is 2.26. The fourth-order valence-corrected chi connectivity index (χ4v) is 2.03. The lowest BCUT2D eigenvalue weighted by molar-refractivity contribution is -0.132. The van der Waals surface area contributed by atoms with Crippen LogP contribution in [0.5, 0.6) is 0 Å². The average Bonchev–Trinajstić information content (AvgIpc) is 2.14. The van der Waals surface area contributed by atoms with E-state index in [1.54, 1.807) is 26.0 Å². The molecule has 0 spiro atoms. The third-order valence-electron chi connectivity index (χ3n) is 2.44. The molecule has 0 saturated carbocycles. The number of nitrogens with two attached hydrogens (primary N) is 1. The fraction of sp³-hybridized carbons (Fsp3) is 0.364. The molecule has 88 valence electrons. The van der Waals surface area contributed by atoms with Crippen LogP contribution >= 0.6 is 11.6 Å². The lowest BCUT2D eigenvalue weighted by atomic mass is 9.94. The van der Waals surface area contributed by atoms with Gasteiger partial charge in [-0.15, -0.1) is 0 Å². The molecule has 2 unspecified atom stereocenters. The zero-order chi connectivity index (χ0) is 12.5. The van der Waals surface area contributed by atoms with Gasteiger partial charge in [0.1, 0.15) is 6.10 Å². The minimum atomic E-state index is -1.61. The molecule has 0 saturated heterocycles. The van der Waals surface area contributed by atoms with Crippen LogP contribution in [-0.4, -0.2) is 22.2 Å². The summed E-state index contributed by atoms with van der Waals surface area (Å²) in [6.45, 7) is 3.48. The summed E-state index contributed by atoms with van der Waals surface area (Å²) in [5.74, 6) is -0.957. The van der Waals surface area contributed by atoms with E-state index in [4.69, 9.17) is 17.3 Å². The molecular weight excluding hydrogens is 230 g/mol. The summed E-state index contributed by atoms with van der Waals surface area (Å²) in [5, 5.41) is 19.8. The molecule has 1 aromatic rings. The van der Waals surface area contributed by atoms with Crippen LogP contribution in [0.3, 0.4) is 0 Å². The Balaban J connectivity index is 3.18. The van der Waals surface area contributed by atoms with Gasteiger partial charge in [0.2, 0.25) is 5.91 Å². The van der Waals surface area contributed by atoms with Gasteiger partial charge in [0.25, 0.3) is 0 Å². The molecular formula is C11H14ClNO3. The normalized spacial score (nSPS) is 14.6. The van der Waals surface area contributed by atoms with Gasteiger partial charge in [-0.3, -0.25) is 4.79 Å². The number of carbonyl (C=O) groups is 1. The number of benzene rings is 1. The van der Waals surface area contributed by atoms with Crippen molar-refractivity contribution in [2.24, 2.45) is 5.73 Å². The van der Waals surface area contributed by atoms with Crippen molar-refractivity contribution in [3.05, 3.63) is 33.8 Å². The molecule has 0 radical (unpaired) electrons. The Morgan fingerprint density at radius 3 is 2.12 bits per heavy atom. The van der Waals surface area contributed by atoms with E-state index < -0.39 is 18.1 Å². The molecule has 0 aromatic heterocycles. The summed E-state index contributed by atoms with van der Waals surface area (Å²) in [6.07, 6.45) is -2.94. The second-order valence-corrected chi connectivity index (χ2v) is 4.18. The quantitative estimate of drug-likeness (QED) is 0.736. The van der Waals surface area contributed by atoms with Gasteiger partial charge in [-0.05, 0) is 42.7 Å².